The van der Waals surface area contributed by atoms with Gasteiger partial charge in [0.25, 0.3) is 0 Å². The maximum Gasteiger partial charge on any atom is 0.220 e. The summed E-state index contributed by atoms with van der Waals surface area (Å²) in [4.78, 5) is 3.56. The Morgan fingerprint density at radius 1 is 1.58 bits per heavy atom. The van der Waals surface area contributed by atoms with Crippen molar-refractivity contribution in [2.24, 2.45) is 5.73 Å². The average Bonchev–Trinajstić information content (AvgIpc) is 2.05. The van der Waals surface area contributed by atoms with E-state index in [0.717, 1.165) is 5.56 Å². The van der Waals surface area contributed by atoms with Crippen LogP contribution in [0.15, 0.2) is 12.1 Å². The third-order valence-corrected chi connectivity index (χ3v) is 1.41. The van der Waals surface area contributed by atoms with Crippen LogP contribution in [0.25, 0.3) is 0 Å². The number of nitrogens with zero attached hydrogens (tertiary/aromatic N) is 1. The normalized spacial score (nSPS) is 9.92. The van der Waals surface area contributed by atoms with Gasteiger partial charge in [-0.2, -0.15) is 9.37 Å². The zero-order chi connectivity index (χ0) is 8.97. The van der Waals surface area contributed by atoms with E-state index in [1.54, 1.807) is 6.07 Å². The fourth-order valence-electron chi connectivity index (χ4n) is 0.864. The molecule has 0 aliphatic rings. The molecule has 2 N–H and O–H groups in total. The molecule has 1 aromatic heterocycles. The Labute approximate surface area is 70.4 Å². The van der Waals surface area contributed by atoms with Crippen LogP contribution in [0.1, 0.15) is 12.5 Å². The van der Waals surface area contributed by atoms with Gasteiger partial charge in [-0.05, 0) is 19.1 Å². The Balaban J connectivity index is 2.95. The van der Waals surface area contributed by atoms with Gasteiger partial charge in [0.05, 0.1) is 6.61 Å². The van der Waals surface area contributed by atoms with Crippen molar-refractivity contribution in [1.29, 1.82) is 0 Å². The molecular formula is C8H11FN2O. The Morgan fingerprint density at radius 3 is 2.92 bits per heavy atom. The molecule has 0 atom stereocenters. The van der Waals surface area contributed by atoms with Crippen LogP contribution >= 0.6 is 0 Å². The first-order valence-electron chi connectivity index (χ1n) is 3.76. The monoisotopic (exact) mass is 170 g/mol. The SMILES string of the molecule is CCOc1nc(F)ccc1CN. The number of halogens is 1. The van der Waals surface area contributed by atoms with Crippen LogP contribution in [0.2, 0.25) is 0 Å². The number of nitrogens with two attached hydrogens (primary N) is 1. The molecule has 4 heteroatoms. The maximum absolute atomic E-state index is 12.6. The second kappa shape index (κ2) is 4.01. The van der Waals surface area contributed by atoms with Crippen LogP contribution < -0.4 is 10.5 Å². The number of hydrogen-bond donors (Lipinski definition) is 1. The van der Waals surface area contributed by atoms with Crippen molar-refractivity contribution in [3.05, 3.63) is 23.6 Å². The lowest BCUT2D eigenvalue weighted by Gasteiger charge is -2.06. The van der Waals surface area contributed by atoms with E-state index in [1.807, 2.05) is 6.92 Å². The number of hydrogen-bond acceptors (Lipinski definition) is 3. The summed E-state index contributed by atoms with van der Waals surface area (Å²) in [5, 5.41) is 0. The van der Waals surface area contributed by atoms with Crippen molar-refractivity contribution < 1.29 is 9.13 Å². The van der Waals surface area contributed by atoms with E-state index in [2.05, 4.69) is 4.98 Å². The fraction of sp³-hybridized carbons (Fsp3) is 0.375. The summed E-state index contributed by atoms with van der Waals surface area (Å²) in [6.45, 7) is 2.58. The molecule has 3 nitrogen and oxygen atoms in total. The summed E-state index contributed by atoms with van der Waals surface area (Å²) < 4.78 is 17.7. The molecule has 0 aromatic carbocycles. The highest BCUT2D eigenvalue weighted by Crippen LogP contribution is 2.14. The summed E-state index contributed by atoms with van der Waals surface area (Å²) in [5.74, 6) is -0.254. The first kappa shape index (κ1) is 8.93. The summed E-state index contributed by atoms with van der Waals surface area (Å²) >= 11 is 0. The summed E-state index contributed by atoms with van der Waals surface area (Å²) in [5.41, 5.74) is 6.11. The average molecular weight is 170 g/mol. The molecule has 1 rings (SSSR count). The van der Waals surface area contributed by atoms with Gasteiger partial charge in [-0.1, -0.05) is 0 Å². The van der Waals surface area contributed by atoms with Crippen LogP contribution in [0.5, 0.6) is 5.88 Å². The minimum Gasteiger partial charge on any atom is -0.478 e. The number of pyridine rings is 1. The molecule has 0 fully saturated rings. The largest absolute Gasteiger partial charge is 0.478 e. The molecule has 0 aliphatic heterocycles. The summed E-state index contributed by atoms with van der Waals surface area (Å²) in [7, 11) is 0. The molecule has 0 saturated carbocycles. The maximum atomic E-state index is 12.6. The Kier molecular flexibility index (Phi) is 2.99. The van der Waals surface area contributed by atoms with E-state index >= 15 is 0 Å². The lowest BCUT2D eigenvalue weighted by atomic mass is 10.3. The van der Waals surface area contributed by atoms with Crippen LogP contribution in [-0.2, 0) is 6.54 Å². The van der Waals surface area contributed by atoms with E-state index < -0.39 is 5.95 Å². The van der Waals surface area contributed by atoms with Gasteiger partial charge in [0.1, 0.15) is 0 Å². The minimum atomic E-state index is -0.546. The van der Waals surface area contributed by atoms with Crippen molar-refractivity contribution in [1.82, 2.24) is 4.98 Å². The predicted octanol–water partition coefficient (Wildman–Crippen LogP) is 1.08. The van der Waals surface area contributed by atoms with E-state index in [-0.39, 0.29) is 0 Å². The Bertz CT molecular complexity index is 265. The molecule has 0 saturated heterocycles. The molecular weight excluding hydrogens is 159 g/mol. The number of ether oxygens (including phenoxy) is 1. The molecule has 0 spiro atoms. The minimum absolute atomic E-state index is 0.292. The topological polar surface area (TPSA) is 48.1 Å². The molecule has 0 unspecified atom stereocenters. The summed E-state index contributed by atoms with van der Waals surface area (Å²) in [6.07, 6.45) is 0. The molecule has 0 bridgehead atoms. The second-order valence-corrected chi connectivity index (χ2v) is 2.24. The van der Waals surface area contributed by atoms with Gasteiger partial charge < -0.3 is 10.5 Å². The van der Waals surface area contributed by atoms with Crippen molar-refractivity contribution in [3.63, 3.8) is 0 Å². The van der Waals surface area contributed by atoms with Crippen LogP contribution in [0, 0.1) is 5.95 Å². The van der Waals surface area contributed by atoms with Crippen LogP contribution in [-0.4, -0.2) is 11.6 Å². The molecule has 1 heterocycles. The second-order valence-electron chi connectivity index (χ2n) is 2.24. The third kappa shape index (κ3) is 1.92. The highest BCUT2D eigenvalue weighted by molar-refractivity contribution is 5.25. The van der Waals surface area contributed by atoms with Crippen LogP contribution in [0.3, 0.4) is 0 Å². The standard InChI is InChI=1S/C8H11FN2O/c1-2-12-8-6(5-10)3-4-7(9)11-8/h3-4H,2,5,10H2,1H3. The molecule has 1 aromatic rings. The van der Waals surface area contributed by atoms with Gasteiger partial charge >= 0.3 is 0 Å². The molecule has 0 aliphatic carbocycles. The Morgan fingerprint density at radius 2 is 2.33 bits per heavy atom. The van der Waals surface area contributed by atoms with Crippen LogP contribution in [0.4, 0.5) is 4.39 Å². The third-order valence-electron chi connectivity index (χ3n) is 1.41. The van der Waals surface area contributed by atoms with Gasteiger partial charge in [0.2, 0.25) is 11.8 Å². The zero-order valence-electron chi connectivity index (χ0n) is 6.88. The highest BCUT2D eigenvalue weighted by Gasteiger charge is 2.04. The zero-order valence-corrected chi connectivity index (χ0v) is 6.88. The van der Waals surface area contributed by atoms with Gasteiger partial charge in [-0.3, -0.25) is 0 Å². The molecule has 66 valence electrons. The first-order valence-corrected chi connectivity index (χ1v) is 3.76. The van der Waals surface area contributed by atoms with E-state index in [1.165, 1.54) is 6.07 Å². The quantitative estimate of drug-likeness (QED) is 0.690. The Hall–Kier alpha value is -1.16. The van der Waals surface area contributed by atoms with Gasteiger partial charge in [0.15, 0.2) is 0 Å². The van der Waals surface area contributed by atoms with E-state index in [4.69, 9.17) is 10.5 Å². The number of rotatable bonds is 3. The molecule has 0 radical (unpaired) electrons. The van der Waals surface area contributed by atoms with Crippen molar-refractivity contribution in [3.8, 4) is 5.88 Å². The highest BCUT2D eigenvalue weighted by atomic mass is 19.1. The van der Waals surface area contributed by atoms with Crippen molar-refractivity contribution in [2.45, 2.75) is 13.5 Å². The van der Waals surface area contributed by atoms with Gasteiger partial charge in [-0.15, -0.1) is 0 Å². The fourth-order valence-corrected chi connectivity index (χ4v) is 0.864. The number of aromatic nitrogens is 1. The van der Waals surface area contributed by atoms with E-state index in [0.29, 0.717) is 19.0 Å². The molecule has 12 heavy (non-hydrogen) atoms. The predicted molar refractivity (Wildman–Crippen MR) is 43.3 cm³/mol. The summed E-state index contributed by atoms with van der Waals surface area (Å²) in [6, 6.07) is 2.85. The van der Waals surface area contributed by atoms with Crippen molar-refractivity contribution >= 4 is 0 Å². The lowest BCUT2D eigenvalue weighted by Crippen LogP contribution is -2.04. The first-order chi connectivity index (χ1) is 5.77. The van der Waals surface area contributed by atoms with Gasteiger partial charge in [-0.25, -0.2) is 0 Å². The van der Waals surface area contributed by atoms with Crippen molar-refractivity contribution in [2.75, 3.05) is 6.61 Å². The smallest absolute Gasteiger partial charge is 0.220 e. The molecule has 0 amide bonds. The van der Waals surface area contributed by atoms with E-state index in [9.17, 15) is 4.39 Å². The lowest BCUT2D eigenvalue weighted by molar-refractivity contribution is 0.317. The van der Waals surface area contributed by atoms with Gasteiger partial charge in [0, 0.05) is 12.1 Å².